The maximum atomic E-state index is 12.1. The molecule has 0 unspecified atom stereocenters. The summed E-state index contributed by atoms with van der Waals surface area (Å²) in [5.74, 6) is 3.75. The first kappa shape index (κ1) is 61.9. The molecule has 10 aliphatic carbocycles. The van der Waals surface area contributed by atoms with Crippen LogP contribution in [0.25, 0.3) is 0 Å². The van der Waals surface area contributed by atoms with E-state index in [2.05, 4.69) is 53.5 Å². The third-order valence-corrected chi connectivity index (χ3v) is 23.2. The number of Topliss-reactive ketones (excluding diaryl/α,β-unsaturated/α-hetero) is 3. The predicted molar refractivity (Wildman–Crippen MR) is 308 cm³/mol. The third kappa shape index (κ3) is 12.1. The fourth-order valence-electron chi connectivity index (χ4n) is 18.2. The standard InChI is InChI=1S/C16H26O2.2C14H22O2.C13H18O3.C11H14O2/c1-3-6-13-7-4-9-15(2)14(13)8-5-10-16(15)17-11-12-18-16;2*1-3-5-10-11-6-4-7-13(16)14(11,2)9-8-12(10)15;1-12-6-4-11(14)9-10(12)3-2-5-13(12)15-7-8-16-13;1-11-6-5-9(12)7-8(11)3-2-4-10(11)13/h3,13-14H,1,4-12H2,2H3;2*3,10-12,15H,1,4-9H2,2H3;9H,2-8H2,1H3;7H,2-6H2,1H3/t13-,14+,15+;10-,11-,12+,14-;10-,11-,12-,14-;12-;11-/m01111/s1. The van der Waals surface area contributed by atoms with Gasteiger partial charge in [-0.15, -0.1) is 19.7 Å². The summed E-state index contributed by atoms with van der Waals surface area (Å²) in [5.41, 5.74) is 1.88. The van der Waals surface area contributed by atoms with Crippen molar-refractivity contribution in [2.24, 2.45) is 62.6 Å². The molecule has 0 aromatic carbocycles. The Morgan fingerprint density at radius 1 is 0.468 bits per heavy atom. The maximum absolute atomic E-state index is 12.1. The van der Waals surface area contributed by atoms with Gasteiger partial charge in [0.15, 0.2) is 23.1 Å². The lowest BCUT2D eigenvalue weighted by Crippen LogP contribution is -2.57. The minimum absolute atomic E-state index is 0.0738. The van der Waals surface area contributed by atoms with Crippen LogP contribution in [0, 0.1) is 62.6 Å². The summed E-state index contributed by atoms with van der Waals surface area (Å²) in [7, 11) is 0. The van der Waals surface area contributed by atoms with Gasteiger partial charge in [-0.2, -0.15) is 0 Å². The summed E-state index contributed by atoms with van der Waals surface area (Å²) in [6, 6.07) is 0. The first-order valence-corrected chi connectivity index (χ1v) is 31.5. The van der Waals surface area contributed by atoms with Crippen LogP contribution in [-0.2, 0) is 42.9 Å². The molecule has 13 atom stereocenters. The molecule has 0 bridgehead atoms. The molecule has 8 saturated carbocycles. The van der Waals surface area contributed by atoms with E-state index in [0.717, 1.165) is 165 Å². The van der Waals surface area contributed by atoms with Crippen LogP contribution in [0.2, 0.25) is 0 Å². The normalized spacial score (nSPS) is 40.7. The van der Waals surface area contributed by atoms with Gasteiger partial charge in [-0.05, 0) is 189 Å². The highest BCUT2D eigenvalue weighted by atomic mass is 16.7. The molecule has 2 N–H and O–H groups in total. The van der Waals surface area contributed by atoms with Gasteiger partial charge in [0.25, 0.3) is 0 Å². The number of aliphatic hydroxyl groups is 2. The van der Waals surface area contributed by atoms with Gasteiger partial charge in [-0.25, -0.2) is 0 Å². The van der Waals surface area contributed by atoms with Crippen molar-refractivity contribution in [3.63, 3.8) is 0 Å². The third-order valence-electron chi connectivity index (χ3n) is 23.2. The number of ether oxygens (including phenoxy) is 4. The Morgan fingerprint density at radius 3 is 1.49 bits per heavy atom. The minimum Gasteiger partial charge on any atom is -0.393 e. The van der Waals surface area contributed by atoms with Gasteiger partial charge in [0.05, 0.1) is 38.6 Å². The van der Waals surface area contributed by atoms with Crippen LogP contribution < -0.4 is 0 Å². The molecule has 0 radical (unpaired) electrons. The Kier molecular flexibility index (Phi) is 20.2. The van der Waals surface area contributed by atoms with Gasteiger partial charge in [0.1, 0.15) is 17.3 Å². The number of allylic oxidation sites excluding steroid dienone is 6. The molecular weight excluding hydrogens is 993 g/mol. The lowest BCUT2D eigenvalue weighted by molar-refractivity contribution is -0.282. The van der Waals surface area contributed by atoms with Crippen LogP contribution >= 0.6 is 0 Å². The second-order valence-electron chi connectivity index (χ2n) is 27.3. The van der Waals surface area contributed by atoms with Crippen LogP contribution in [0.3, 0.4) is 0 Å². The fraction of sp³-hybridized carbons (Fsp3) is 0.779. The smallest absolute Gasteiger partial charge is 0.177 e. The Morgan fingerprint density at radius 2 is 0.937 bits per heavy atom. The topological polar surface area (TPSA) is 163 Å². The number of fused-ring (bicyclic) bond motifs is 7. The van der Waals surface area contributed by atoms with Gasteiger partial charge in [0.2, 0.25) is 0 Å². The number of aliphatic hydroxyl groups excluding tert-OH is 2. The van der Waals surface area contributed by atoms with Gasteiger partial charge in [-0.1, -0.05) is 63.5 Å². The van der Waals surface area contributed by atoms with Crippen molar-refractivity contribution in [2.75, 3.05) is 26.4 Å². The predicted octanol–water partition coefficient (Wildman–Crippen LogP) is 13.6. The first-order valence-electron chi connectivity index (χ1n) is 31.5. The van der Waals surface area contributed by atoms with E-state index in [0.29, 0.717) is 61.7 Å². The zero-order valence-electron chi connectivity index (χ0n) is 49.5. The van der Waals surface area contributed by atoms with E-state index in [4.69, 9.17) is 18.9 Å². The molecule has 2 aliphatic heterocycles. The molecule has 2 saturated heterocycles. The Hall–Kier alpha value is -3.19. The SMILES string of the molecule is C=CC[C@@H]1[C@H]2CCCC(=O)[C@]2(C)CC[C@@H]1O.C=CC[C@H]1CCC[C@]2(C)[C@@H]1CCCC21OCCO1.C=CC[C@H]1[C@H](O)CC[C@@]2(C)C(=O)CCC[C@H]12.C[C@@]12CCC(=O)C=C1CCCC21OCCO1.C[C@@]12CCC(=O)C=C1CCCC2=O. The number of carbonyl (C=O) groups excluding carboxylic acids is 5. The van der Waals surface area contributed by atoms with Crippen molar-refractivity contribution in [1.82, 2.24) is 0 Å². The second-order valence-corrected chi connectivity index (χ2v) is 27.3. The zero-order valence-corrected chi connectivity index (χ0v) is 49.5. The van der Waals surface area contributed by atoms with Gasteiger partial charge in [-0.3, -0.25) is 24.0 Å². The van der Waals surface area contributed by atoms with Crippen molar-refractivity contribution < 1.29 is 53.1 Å². The average molecular weight is 1100 g/mol. The molecule has 2 spiro atoms. The maximum Gasteiger partial charge on any atom is 0.177 e. The Bertz CT molecular complexity index is 2240. The van der Waals surface area contributed by atoms with Crippen molar-refractivity contribution in [3.05, 3.63) is 61.3 Å². The molecule has 0 aromatic heterocycles. The minimum atomic E-state index is -0.433. The molecule has 11 heteroatoms. The largest absolute Gasteiger partial charge is 0.393 e. The van der Waals surface area contributed by atoms with E-state index in [9.17, 15) is 34.2 Å². The van der Waals surface area contributed by atoms with Crippen LogP contribution in [0.1, 0.15) is 221 Å². The van der Waals surface area contributed by atoms with E-state index in [1.807, 2.05) is 25.2 Å². The molecule has 12 aliphatic rings. The molecular formula is C68H102O11. The summed E-state index contributed by atoms with van der Waals surface area (Å²) < 4.78 is 24.1. The number of hydrogen-bond acceptors (Lipinski definition) is 11. The Labute approximate surface area is 475 Å². The summed E-state index contributed by atoms with van der Waals surface area (Å²) in [6.07, 6.45) is 36.8. The van der Waals surface area contributed by atoms with Crippen molar-refractivity contribution in [3.8, 4) is 0 Å². The van der Waals surface area contributed by atoms with Gasteiger partial charge in [0, 0.05) is 72.0 Å². The fourth-order valence-corrected chi connectivity index (χ4v) is 18.2. The van der Waals surface area contributed by atoms with Crippen LogP contribution in [0.5, 0.6) is 0 Å². The number of carbonyl (C=O) groups is 5. The lowest BCUT2D eigenvalue weighted by Gasteiger charge is -2.57. The average Bonchev–Trinajstić information content (AvgIpc) is 4.35. The van der Waals surface area contributed by atoms with E-state index in [-0.39, 0.29) is 68.5 Å². The first-order chi connectivity index (χ1) is 37.7. The lowest BCUT2D eigenvalue weighted by atomic mass is 9.53. The molecule has 11 nitrogen and oxygen atoms in total. The summed E-state index contributed by atoms with van der Waals surface area (Å²) in [4.78, 5) is 58.6. The van der Waals surface area contributed by atoms with Crippen molar-refractivity contribution in [2.45, 2.75) is 245 Å². The highest BCUT2D eigenvalue weighted by Gasteiger charge is 2.61. The number of ketones is 5. The number of hydrogen-bond donors (Lipinski definition) is 2. The van der Waals surface area contributed by atoms with E-state index in [1.54, 1.807) is 6.08 Å². The van der Waals surface area contributed by atoms with E-state index in [1.165, 1.54) is 37.7 Å². The van der Waals surface area contributed by atoms with Crippen LogP contribution in [-0.4, -0.2) is 89.3 Å². The molecule has 10 fully saturated rings. The van der Waals surface area contributed by atoms with E-state index >= 15 is 0 Å². The molecule has 440 valence electrons. The van der Waals surface area contributed by atoms with Crippen LogP contribution in [0.15, 0.2) is 61.3 Å². The highest BCUT2D eigenvalue weighted by molar-refractivity contribution is 5.97. The highest BCUT2D eigenvalue weighted by Crippen LogP contribution is 2.61. The molecule has 0 amide bonds. The van der Waals surface area contributed by atoms with Crippen molar-refractivity contribution in [1.29, 1.82) is 0 Å². The Balaban J connectivity index is 0.000000130. The number of rotatable bonds is 6. The van der Waals surface area contributed by atoms with E-state index < -0.39 is 5.79 Å². The molecule has 0 aromatic rings. The monoisotopic (exact) mass is 1090 g/mol. The summed E-state index contributed by atoms with van der Waals surface area (Å²) in [6.45, 7) is 25.3. The summed E-state index contributed by atoms with van der Waals surface area (Å²) >= 11 is 0. The zero-order chi connectivity index (χ0) is 56.9. The summed E-state index contributed by atoms with van der Waals surface area (Å²) in [5, 5.41) is 20.2. The molecule has 2 heterocycles. The van der Waals surface area contributed by atoms with Crippen molar-refractivity contribution >= 4 is 28.9 Å². The van der Waals surface area contributed by atoms with Crippen LogP contribution in [0.4, 0.5) is 0 Å². The quantitative estimate of drug-likeness (QED) is 0.243. The molecule has 12 rings (SSSR count). The van der Waals surface area contributed by atoms with Gasteiger partial charge < -0.3 is 29.2 Å². The second kappa shape index (κ2) is 25.7. The van der Waals surface area contributed by atoms with Gasteiger partial charge >= 0.3 is 0 Å². The molecule has 79 heavy (non-hydrogen) atoms.